The Kier molecular flexibility index (Phi) is 1.92. The molecule has 3 heteroatoms. The highest BCUT2D eigenvalue weighted by atomic mass is 16.1. The fourth-order valence-electron chi connectivity index (χ4n) is 1.07. The number of nitrogens with one attached hydrogen (secondary N) is 1. The lowest BCUT2D eigenvalue weighted by molar-refractivity contribution is 1.02. The molecule has 1 aromatic heterocycles. The molecular formula is C10H7N2O. The van der Waals surface area contributed by atoms with Gasteiger partial charge in [0.25, 0.3) is 0 Å². The van der Waals surface area contributed by atoms with E-state index in [-0.39, 0.29) is 5.69 Å². The Morgan fingerprint density at radius 2 is 1.92 bits per heavy atom. The van der Waals surface area contributed by atoms with Gasteiger partial charge in [-0.05, 0) is 6.08 Å². The van der Waals surface area contributed by atoms with Crippen LogP contribution in [0.15, 0.2) is 29.1 Å². The van der Waals surface area contributed by atoms with Crippen LogP contribution in [-0.2, 0) is 0 Å². The number of nitrogens with zero attached hydrogens (tertiary/aromatic N) is 1. The zero-order valence-electron chi connectivity index (χ0n) is 6.82. The first-order valence-electron chi connectivity index (χ1n) is 3.90. The first-order valence-corrected chi connectivity index (χ1v) is 3.90. The highest BCUT2D eigenvalue weighted by molar-refractivity contribution is 5.45. The number of H-pyrrole nitrogens is 1. The molecule has 1 aromatic rings. The maximum Gasteiger partial charge on any atom is 0.346 e. The van der Waals surface area contributed by atoms with Crippen molar-refractivity contribution in [1.29, 1.82) is 0 Å². The van der Waals surface area contributed by atoms with Crippen LogP contribution in [0.25, 0.3) is 12.2 Å². The van der Waals surface area contributed by atoms with Gasteiger partial charge in [0, 0.05) is 5.22 Å². The minimum Gasteiger partial charge on any atom is -0.305 e. The summed E-state index contributed by atoms with van der Waals surface area (Å²) in [5.74, 6) is 0. The summed E-state index contributed by atoms with van der Waals surface area (Å²) in [6.07, 6.45) is 13.8. The van der Waals surface area contributed by atoms with Crippen molar-refractivity contribution in [2.45, 2.75) is 0 Å². The van der Waals surface area contributed by atoms with Crippen LogP contribution in [0, 0.1) is 6.20 Å². The van der Waals surface area contributed by atoms with Gasteiger partial charge in [0.05, 0.1) is 5.35 Å². The Balaban J connectivity index is 2.87. The molecule has 3 nitrogen and oxygen atoms in total. The number of hydrogen-bond donors (Lipinski definition) is 1. The van der Waals surface area contributed by atoms with Gasteiger partial charge in [0.15, 0.2) is 0 Å². The lowest BCUT2D eigenvalue weighted by Crippen LogP contribution is -2.35. The number of fused-ring (bicyclic) bond motifs is 1. The maximum atomic E-state index is 10.9. The smallest absolute Gasteiger partial charge is 0.305 e. The Morgan fingerprint density at radius 1 is 1.15 bits per heavy atom. The number of aromatic nitrogens is 2. The van der Waals surface area contributed by atoms with E-state index in [4.69, 9.17) is 0 Å². The van der Waals surface area contributed by atoms with Gasteiger partial charge in [-0.2, -0.15) is 4.98 Å². The zero-order valence-corrected chi connectivity index (χ0v) is 6.82. The molecule has 1 N–H and O–H groups in total. The molecule has 0 fully saturated rings. The monoisotopic (exact) mass is 171 g/mol. The Labute approximate surface area is 74.5 Å². The van der Waals surface area contributed by atoms with E-state index >= 15 is 0 Å². The first-order chi connectivity index (χ1) is 6.36. The molecule has 1 aliphatic rings. The summed E-state index contributed by atoms with van der Waals surface area (Å²) in [6.45, 7) is 0. The molecule has 0 aliphatic heterocycles. The molecule has 1 radical (unpaired) electrons. The maximum absolute atomic E-state index is 10.9. The lowest BCUT2D eigenvalue weighted by Gasteiger charge is -1.88. The Morgan fingerprint density at radius 3 is 2.77 bits per heavy atom. The standard InChI is InChI=1S/C10H7N2O/c13-10-11-7-8-5-3-1-2-4-6-9(8)12-10/h1-6H,(H,11,12,13)/b2-1?,3-1-,4-2-,5-3?,6-4?,8-5-,9-6+. The second kappa shape index (κ2) is 3.23. The molecule has 0 spiro atoms. The van der Waals surface area contributed by atoms with Crippen LogP contribution in [0.3, 0.4) is 0 Å². The van der Waals surface area contributed by atoms with Crippen LogP contribution in [0.5, 0.6) is 0 Å². The summed E-state index contributed by atoms with van der Waals surface area (Å²) in [5, 5.41) is 1.53. The van der Waals surface area contributed by atoms with Gasteiger partial charge in [-0.15, -0.1) is 0 Å². The SMILES string of the molecule is O=c1n[c]c2/c([nH]1)=C\C=C/C=C\C=2. The predicted octanol–water partition coefficient (Wildman–Crippen LogP) is -0.743. The summed E-state index contributed by atoms with van der Waals surface area (Å²) >= 11 is 0. The normalized spacial score (nSPS) is 23.7. The third-order valence-electron chi connectivity index (χ3n) is 1.67. The van der Waals surface area contributed by atoms with E-state index in [0.29, 0.717) is 0 Å². The number of aromatic amines is 1. The molecule has 13 heavy (non-hydrogen) atoms. The van der Waals surface area contributed by atoms with E-state index in [9.17, 15) is 4.79 Å². The third kappa shape index (κ3) is 1.64. The molecule has 0 atom stereocenters. The molecule has 63 valence electrons. The van der Waals surface area contributed by atoms with E-state index in [2.05, 4.69) is 16.2 Å². The first kappa shape index (κ1) is 7.73. The van der Waals surface area contributed by atoms with Gasteiger partial charge in [-0.25, -0.2) is 4.79 Å². The highest BCUT2D eigenvalue weighted by Gasteiger charge is 1.88. The zero-order chi connectivity index (χ0) is 9.10. The highest BCUT2D eigenvalue weighted by Crippen LogP contribution is 1.80. The average Bonchev–Trinajstić information content (AvgIpc) is 2.08. The van der Waals surface area contributed by atoms with E-state index in [0.717, 1.165) is 10.6 Å². The molecule has 1 aliphatic carbocycles. The molecule has 0 unspecified atom stereocenters. The van der Waals surface area contributed by atoms with Crippen LogP contribution < -0.4 is 16.3 Å². The van der Waals surface area contributed by atoms with Crippen molar-refractivity contribution in [3.63, 3.8) is 0 Å². The van der Waals surface area contributed by atoms with Crippen LogP contribution >= 0.6 is 0 Å². The van der Waals surface area contributed by atoms with E-state index in [1.165, 1.54) is 0 Å². The fourth-order valence-corrected chi connectivity index (χ4v) is 1.07. The number of rotatable bonds is 0. The van der Waals surface area contributed by atoms with Gasteiger partial charge in [0.2, 0.25) is 0 Å². The van der Waals surface area contributed by atoms with Gasteiger partial charge >= 0.3 is 5.69 Å². The molecule has 0 saturated carbocycles. The number of hydrogen-bond acceptors (Lipinski definition) is 2. The van der Waals surface area contributed by atoms with Crippen LogP contribution in [0.2, 0.25) is 0 Å². The van der Waals surface area contributed by atoms with Crippen LogP contribution in [0.4, 0.5) is 0 Å². The lowest BCUT2D eigenvalue weighted by atomic mass is 10.3. The Hall–Kier alpha value is -1.90. The van der Waals surface area contributed by atoms with Gasteiger partial charge in [-0.3, -0.25) is 0 Å². The van der Waals surface area contributed by atoms with Gasteiger partial charge < -0.3 is 4.98 Å². The van der Waals surface area contributed by atoms with E-state index in [1.54, 1.807) is 0 Å². The topological polar surface area (TPSA) is 45.8 Å². The summed E-state index contributed by atoms with van der Waals surface area (Å²) in [6, 6.07) is 0. The largest absolute Gasteiger partial charge is 0.346 e. The molecule has 2 rings (SSSR count). The van der Waals surface area contributed by atoms with E-state index in [1.807, 2.05) is 36.5 Å². The molecule has 0 saturated heterocycles. The summed E-state index contributed by atoms with van der Waals surface area (Å²) in [4.78, 5) is 17.0. The van der Waals surface area contributed by atoms with Crippen LogP contribution in [0.1, 0.15) is 0 Å². The Bertz CT molecular complexity index is 535. The second-order valence-electron chi connectivity index (χ2n) is 2.58. The molecule has 0 bridgehead atoms. The summed E-state index contributed by atoms with van der Waals surface area (Å²) in [5.41, 5.74) is -0.374. The predicted molar refractivity (Wildman–Crippen MR) is 50.2 cm³/mol. The van der Waals surface area contributed by atoms with Gasteiger partial charge in [0.1, 0.15) is 6.20 Å². The molecular weight excluding hydrogens is 164 g/mol. The molecule has 1 heterocycles. The van der Waals surface area contributed by atoms with E-state index < -0.39 is 0 Å². The summed E-state index contributed by atoms with van der Waals surface area (Å²) in [7, 11) is 0. The minimum absolute atomic E-state index is 0.374. The molecule has 0 amide bonds. The van der Waals surface area contributed by atoms with Crippen molar-refractivity contribution in [3.8, 4) is 0 Å². The molecule has 0 aromatic carbocycles. The van der Waals surface area contributed by atoms with Crippen molar-refractivity contribution < 1.29 is 0 Å². The fraction of sp³-hybridized carbons (Fsp3) is 0. The van der Waals surface area contributed by atoms with Crippen molar-refractivity contribution in [3.05, 3.63) is 51.6 Å². The van der Waals surface area contributed by atoms with Crippen molar-refractivity contribution in [2.75, 3.05) is 0 Å². The minimum atomic E-state index is -0.374. The van der Waals surface area contributed by atoms with Gasteiger partial charge in [-0.1, -0.05) is 30.4 Å². The third-order valence-corrected chi connectivity index (χ3v) is 1.67. The van der Waals surface area contributed by atoms with Crippen molar-refractivity contribution in [2.24, 2.45) is 0 Å². The summed E-state index contributed by atoms with van der Waals surface area (Å²) < 4.78 is 0. The van der Waals surface area contributed by atoms with Crippen molar-refractivity contribution >= 4 is 12.2 Å². The average molecular weight is 171 g/mol. The second-order valence-corrected chi connectivity index (χ2v) is 2.58. The number of allylic oxidation sites excluding steroid dienone is 4. The quantitative estimate of drug-likeness (QED) is 0.558. The van der Waals surface area contributed by atoms with Crippen LogP contribution in [-0.4, -0.2) is 9.97 Å². The van der Waals surface area contributed by atoms with Crippen molar-refractivity contribution in [1.82, 2.24) is 9.97 Å².